The molecule has 1 amide bonds. The minimum atomic E-state index is -0.236. The summed E-state index contributed by atoms with van der Waals surface area (Å²) in [5.41, 5.74) is 4.17. The van der Waals surface area contributed by atoms with Gasteiger partial charge in [-0.25, -0.2) is 4.98 Å². The zero-order valence-corrected chi connectivity index (χ0v) is 18.0. The molecule has 31 heavy (non-hydrogen) atoms. The number of thiazole rings is 1. The van der Waals surface area contributed by atoms with Gasteiger partial charge in [0.25, 0.3) is 5.91 Å². The molecule has 4 heterocycles. The Balaban J connectivity index is 1.34. The van der Waals surface area contributed by atoms with Crippen LogP contribution >= 0.6 is 11.3 Å². The first kappa shape index (κ1) is 19.5. The van der Waals surface area contributed by atoms with Gasteiger partial charge in [-0.1, -0.05) is 6.07 Å². The smallest absolute Gasteiger partial charge is 0.257 e. The van der Waals surface area contributed by atoms with Gasteiger partial charge in [0.2, 0.25) is 0 Å². The van der Waals surface area contributed by atoms with Crippen molar-refractivity contribution in [1.82, 2.24) is 25.1 Å². The van der Waals surface area contributed by atoms with Gasteiger partial charge in [-0.3, -0.25) is 9.78 Å². The first-order chi connectivity index (χ1) is 15.1. The van der Waals surface area contributed by atoms with Gasteiger partial charge in [-0.05, 0) is 50.0 Å². The van der Waals surface area contributed by atoms with E-state index in [0.717, 1.165) is 40.3 Å². The number of carbonyl (C=O) groups is 1. The fourth-order valence-electron chi connectivity index (χ4n) is 3.51. The van der Waals surface area contributed by atoms with E-state index in [1.54, 1.807) is 29.1 Å². The number of likely N-dealkylation sites (N-methyl/N-ethyl adjacent to an activating group) is 1. The summed E-state index contributed by atoms with van der Waals surface area (Å²) in [6.45, 7) is 1.81. The third-order valence-electron chi connectivity index (χ3n) is 5.47. The topological polar surface area (TPSA) is 87.1 Å². The molecule has 0 saturated carbocycles. The second-order valence-electron chi connectivity index (χ2n) is 7.75. The van der Waals surface area contributed by atoms with Crippen LogP contribution in [0.15, 0.2) is 54.3 Å². The van der Waals surface area contributed by atoms with E-state index in [0.29, 0.717) is 17.4 Å². The van der Waals surface area contributed by atoms with Crippen LogP contribution in [0.5, 0.6) is 0 Å². The van der Waals surface area contributed by atoms with Crippen LogP contribution in [0.3, 0.4) is 0 Å². The van der Waals surface area contributed by atoms with E-state index in [1.165, 1.54) is 0 Å². The maximum atomic E-state index is 12.8. The molecule has 5 rings (SSSR count). The Hall–Kier alpha value is -3.43. The molecule has 1 aromatic carbocycles. The highest BCUT2D eigenvalue weighted by molar-refractivity contribution is 7.13. The summed E-state index contributed by atoms with van der Waals surface area (Å²) in [6, 6.07) is 11.8. The van der Waals surface area contributed by atoms with Gasteiger partial charge >= 0.3 is 0 Å². The highest BCUT2D eigenvalue weighted by atomic mass is 32.1. The van der Waals surface area contributed by atoms with Crippen molar-refractivity contribution in [1.29, 1.82) is 0 Å². The summed E-state index contributed by atoms with van der Waals surface area (Å²) in [7, 11) is 4.15. The number of nitrogens with one attached hydrogen (secondary N) is 1. The van der Waals surface area contributed by atoms with Gasteiger partial charge in [-0.15, -0.1) is 21.5 Å². The number of anilines is 2. The van der Waals surface area contributed by atoms with Crippen molar-refractivity contribution < 1.29 is 4.79 Å². The molecule has 0 bridgehead atoms. The minimum Gasteiger partial charge on any atom is -0.353 e. The van der Waals surface area contributed by atoms with E-state index >= 15 is 0 Å². The quantitative estimate of drug-likeness (QED) is 0.519. The second-order valence-corrected chi connectivity index (χ2v) is 8.63. The lowest BCUT2D eigenvalue weighted by Crippen LogP contribution is -2.57. The van der Waals surface area contributed by atoms with E-state index in [2.05, 4.69) is 49.4 Å². The lowest BCUT2D eigenvalue weighted by atomic mass is 10.1. The first-order valence-electron chi connectivity index (χ1n) is 9.92. The van der Waals surface area contributed by atoms with Crippen LogP contribution in [0, 0.1) is 0 Å². The third kappa shape index (κ3) is 3.97. The summed E-state index contributed by atoms with van der Waals surface area (Å²) in [5, 5.41) is 12.2. The van der Waals surface area contributed by atoms with Crippen molar-refractivity contribution in [3.8, 4) is 10.4 Å². The van der Waals surface area contributed by atoms with Crippen LogP contribution in [0.25, 0.3) is 21.3 Å². The number of hydrogen-bond acceptors (Lipinski definition) is 8. The summed E-state index contributed by atoms with van der Waals surface area (Å²) >= 11 is 1.58. The molecule has 1 aliphatic rings. The predicted octanol–water partition coefficient (Wildman–Crippen LogP) is 3.15. The molecule has 4 aromatic rings. The molecule has 0 atom stereocenters. The molecule has 0 radical (unpaired) electrons. The Morgan fingerprint density at radius 1 is 1.16 bits per heavy atom. The maximum Gasteiger partial charge on any atom is 0.257 e. The Morgan fingerprint density at radius 2 is 2.03 bits per heavy atom. The fraction of sp³-hybridized carbons (Fsp3) is 0.227. The lowest BCUT2D eigenvalue weighted by molar-refractivity contribution is 0.102. The van der Waals surface area contributed by atoms with Gasteiger partial charge in [-0.2, -0.15) is 0 Å². The van der Waals surface area contributed by atoms with Gasteiger partial charge in [0, 0.05) is 42.5 Å². The lowest BCUT2D eigenvalue weighted by Gasteiger charge is -2.43. The number of rotatable bonds is 5. The first-order valence-corrected chi connectivity index (χ1v) is 10.8. The molecule has 3 aromatic heterocycles. The molecular formula is C22H21N7OS. The number of amides is 1. The van der Waals surface area contributed by atoms with Crippen LogP contribution in [0.4, 0.5) is 11.6 Å². The highest BCUT2D eigenvalue weighted by Crippen LogP contribution is 2.27. The second kappa shape index (κ2) is 8.01. The van der Waals surface area contributed by atoms with Crippen molar-refractivity contribution in [2.75, 3.05) is 37.4 Å². The van der Waals surface area contributed by atoms with Crippen molar-refractivity contribution in [3.63, 3.8) is 0 Å². The predicted molar refractivity (Wildman–Crippen MR) is 123 cm³/mol. The van der Waals surface area contributed by atoms with Crippen molar-refractivity contribution in [2.45, 2.75) is 6.04 Å². The number of benzene rings is 1. The summed E-state index contributed by atoms with van der Waals surface area (Å²) in [6.07, 6.45) is 3.50. The van der Waals surface area contributed by atoms with Gasteiger partial charge in [0.1, 0.15) is 5.82 Å². The van der Waals surface area contributed by atoms with Crippen LogP contribution in [0.1, 0.15) is 10.4 Å². The Bertz CT molecular complexity index is 1240. The van der Waals surface area contributed by atoms with Gasteiger partial charge in [0.05, 0.1) is 15.9 Å². The number of aromatic nitrogens is 4. The normalized spacial score (nSPS) is 14.1. The SMILES string of the molecule is CN(C)C1CN(c2cc(C(=O)Nc3cc4cc(-c5cncs5)ccc4nn3)ccn2)C1. The van der Waals surface area contributed by atoms with Gasteiger partial charge in [0.15, 0.2) is 5.82 Å². The number of carbonyl (C=O) groups excluding carboxylic acids is 1. The number of hydrogen-bond donors (Lipinski definition) is 1. The van der Waals surface area contributed by atoms with Crippen molar-refractivity contribution in [2.24, 2.45) is 0 Å². The molecular weight excluding hydrogens is 410 g/mol. The molecule has 1 N–H and O–H groups in total. The molecule has 8 nitrogen and oxygen atoms in total. The van der Waals surface area contributed by atoms with Crippen LogP contribution < -0.4 is 10.2 Å². The molecule has 0 unspecified atom stereocenters. The highest BCUT2D eigenvalue weighted by Gasteiger charge is 2.29. The zero-order valence-electron chi connectivity index (χ0n) is 17.2. The average Bonchev–Trinajstić information content (AvgIpc) is 3.27. The molecule has 156 valence electrons. The molecule has 0 aliphatic carbocycles. The summed E-state index contributed by atoms with van der Waals surface area (Å²) in [5.74, 6) is 0.985. The zero-order chi connectivity index (χ0) is 21.4. The van der Waals surface area contributed by atoms with E-state index in [4.69, 9.17) is 0 Å². The largest absolute Gasteiger partial charge is 0.353 e. The molecule has 1 aliphatic heterocycles. The maximum absolute atomic E-state index is 12.8. The molecule has 1 saturated heterocycles. The molecule has 1 fully saturated rings. The minimum absolute atomic E-state index is 0.236. The Morgan fingerprint density at radius 3 is 2.81 bits per heavy atom. The number of pyridine rings is 1. The number of nitrogens with zero attached hydrogens (tertiary/aromatic N) is 6. The monoisotopic (exact) mass is 431 g/mol. The summed E-state index contributed by atoms with van der Waals surface area (Å²) < 4.78 is 0. The van der Waals surface area contributed by atoms with Crippen molar-refractivity contribution in [3.05, 3.63) is 59.9 Å². The Labute approximate surface area is 183 Å². The summed E-state index contributed by atoms with van der Waals surface area (Å²) in [4.78, 5) is 26.8. The fourth-order valence-corrected chi connectivity index (χ4v) is 4.13. The van der Waals surface area contributed by atoms with Crippen LogP contribution in [0.2, 0.25) is 0 Å². The van der Waals surface area contributed by atoms with Crippen LogP contribution in [-0.2, 0) is 0 Å². The molecule has 0 spiro atoms. The van der Waals surface area contributed by atoms with Gasteiger partial charge < -0.3 is 15.1 Å². The number of fused-ring (bicyclic) bond motifs is 1. The van der Waals surface area contributed by atoms with Crippen molar-refractivity contribution >= 4 is 39.8 Å². The third-order valence-corrected chi connectivity index (χ3v) is 6.29. The average molecular weight is 432 g/mol. The van der Waals surface area contributed by atoms with E-state index in [9.17, 15) is 4.79 Å². The van der Waals surface area contributed by atoms with E-state index < -0.39 is 0 Å². The molecule has 9 heteroatoms. The standard InChI is InChI=1S/C22H21N7OS/c1-28(2)17-11-29(12-17)21-9-15(5-6-24-21)22(30)25-20-8-16-7-14(19-10-23-13-31-19)3-4-18(16)26-27-20/h3-10,13,17H,11-12H2,1-2H3,(H,25,27,30). The Kier molecular flexibility index (Phi) is 5.05. The van der Waals surface area contributed by atoms with Crippen LogP contribution in [-0.4, -0.2) is 64.2 Å². The van der Waals surface area contributed by atoms with E-state index in [1.807, 2.05) is 36.5 Å². The van der Waals surface area contributed by atoms with E-state index in [-0.39, 0.29) is 5.91 Å².